The number of pyridine rings is 1. The maximum atomic E-state index is 5.35. The van der Waals surface area contributed by atoms with Crippen LogP contribution in [0.4, 0.5) is 5.69 Å². The number of aryl methyl sites for hydroxylation is 1. The Morgan fingerprint density at radius 1 is 1.29 bits per heavy atom. The van der Waals surface area contributed by atoms with E-state index >= 15 is 0 Å². The average Bonchev–Trinajstić information content (AvgIpc) is 2.92. The average molecular weight is 331 g/mol. The molecule has 0 bridgehead atoms. The van der Waals surface area contributed by atoms with Crippen LogP contribution in [0.15, 0.2) is 22.9 Å². The SMILES string of the molecule is COC(C)c1noc(CN2CCCN(c3ccnc(C)c3)CC2)n1. The standard InChI is InChI=1S/C17H25N5O2/c1-13-11-15(5-6-18-13)22-8-4-7-21(9-10-22)12-16-19-17(20-24-16)14(2)23-3/h5-6,11,14H,4,7-10,12H2,1-3H3. The minimum absolute atomic E-state index is 0.142. The predicted octanol–water partition coefficient (Wildman–Crippen LogP) is 2.19. The monoisotopic (exact) mass is 331 g/mol. The molecule has 1 aliphatic rings. The van der Waals surface area contributed by atoms with Gasteiger partial charge in [-0.1, -0.05) is 5.16 Å². The van der Waals surface area contributed by atoms with Crippen molar-refractivity contribution in [3.05, 3.63) is 35.7 Å². The first kappa shape index (κ1) is 16.9. The lowest BCUT2D eigenvalue weighted by atomic mass is 10.3. The molecule has 0 N–H and O–H groups in total. The van der Waals surface area contributed by atoms with Gasteiger partial charge in [-0.3, -0.25) is 9.88 Å². The highest BCUT2D eigenvalue weighted by Gasteiger charge is 2.19. The second-order valence-corrected chi connectivity index (χ2v) is 6.20. The Labute approximate surface area is 142 Å². The number of aromatic nitrogens is 3. The van der Waals surface area contributed by atoms with Crippen molar-refractivity contribution in [1.82, 2.24) is 20.0 Å². The molecule has 1 saturated heterocycles. The Morgan fingerprint density at radius 3 is 2.96 bits per heavy atom. The Balaban J connectivity index is 1.58. The highest BCUT2D eigenvalue weighted by molar-refractivity contribution is 5.46. The summed E-state index contributed by atoms with van der Waals surface area (Å²) in [7, 11) is 1.64. The summed E-state index contributed by atoms with van der Waals surface area (Å²) in [4.78, 5) is 13.5. The molecule has 1 atom stereocenters. The topological polar surface area (TPSA) is 67.5 Å². The fourth-order valence-corrected chi connectivity index (χ4v) is 2.91. The Morgan fingerprint density at radius 2 is 2.17 bits per heavy atom. The third kappa shape index (κ3) is 4.10. The van der Waals surface area contributed by atoms with E-state index in [1.54, 1.807) is 7.11 Å². The molecule has 0 aromatic carbocycles. The molecule has 0 aliphatic carbocycles. The van der Waals surface area contributed by atoms with Crippen LogP contribution in [0.5, 0.6) is 0 Å². The van der Waals surface area contributed by atoms with Gasteiger partial charge in [0, 0.05) is 50.9 Å². The first-order chi connectivity index (χ1) is 11.7. The zero-order valence-corrected chi connectivity index (χ0v) is 14.6. The first-order valence-electron chi connectivity index (χ1n) is 8.41. The second kappa shape index (κ2) is 7.72. The van der Waals surface area contributed by atoms with E-state index in [4.69, 9.17) is 9.26 Å². The predicted molar refractivity (Wildman–Crippen MR) is 90.8 cm³/mol. The minimum atomic E-state index is -0.142. The summed E-state index contributed by atoms with van der Waals surface area (Å²) < 4.78 is 10.6. The molecule has 24 heavy (non-hydrogen) atoms. The Hall–Kier alpha value is -1.99. The van der Waals surface area contributed by atoms with Crippen molar-refractivity contribution in [2.45, 2.75) is 32.9 Å². The van der Waals surface area contributed by atoms with Crippen LogP contribution in [0.2, 0.25) is 0 Å². The molecule has 0 saturated carbocycles. The van der Waals surface area contributed by atoms with Crippen LogP contribution in [-0.2, 0) is 11.3 Å². The summed E-state index contributed by atoms with van der Waals surface area (Å²) in [5.41, 5.74) is 2.30. The maximum absolute atomic E-state index is 5.35. The molecule has 1 fully saturated rings. The van der Waals surface area contributed by atoms with E-state index in [1.807, 2.05) is 20.0 Å². The molecule has 1 aliphatic heterocycles. The first-order valence-corrected chi connectivity index (χ1v) is 8.41. The van der Waals surface area contributed by atoms with E-state index in [9.17, 15) is 0 Å². The van der Waals surface area contributed by atoms with Gasteiger partial charge in [0.1, 0.15) is 6.10 Å². The second-order valence-electron chi connectivity index (χ2n) is 6.20. The molecule has 0 amide bonds. The number of hydrogen-bond acceptors (Lipinski definition) is 7. The fraction of sp³-hybridized carbons (Fsp3) is 0.588. The van der Waals surface area contributed by atoms with Crippen molar-refractivity contribution in [2.75, 3.05) is 38.2 Å². The van der Waals surface area contributed by atoms with Crippen LogP contribution < -0.4 is 4.90 Å². The summed E-state index contributed by atoms with van der Waals surface area (Å²) in [6.07, 6.45) is 2.85. The third-order valence-electron chi connectivity index (χ3n) is 4.39. The van der Waals surface area contributed by atoms with Gasteiger partial charge in [-0.25, -0.2) is 0 Å². The fourth-order valence-electron chi connectivity index (χ4n) is 2.91. The Kier molecular flexibility index (Phi) is 5.42. The van der Waals surface area contributed by atoms with Gasteiger partial charge in [-0.2, -0.15) is 4.98 Å². The molecule has 7 heteroatoms. The summed E-state index contributed by atoms with van der Waals surface area (Å²) in [5, 5.41) is 3.99. The van der Waals surface area contributed by atoms with E-state index in [2.05, 4.69) is 37.1 Å². The molecule has 0 radical (unpaired) electrons. The van der Waals surface area contributed by atoms with Crippen LogP contribution in [-0.4, -0.2) is 53.3 Å². The van der Waals surface area contributed by atoms with Gasteiger partial charge in [0.25, 0.3) is 0 Å². The number of anilines is 1. The minimum Gasteiger partial charge on any atom is -0.374 e. The van der Waals surface area contributed by atoms with Crippen LogP contribution in [0.1, 0.15) is 36.9 Å². The van der Waals surface area contributed by atoms with Crippen LogP contribution in [0.3, 0.4) is 0 Å². The van der Waals surface area contributed by atoms with E-state index < -0.39 is 0 Å². The van der Waals surface area contributed by atoms with Gasteiger partial charge in [0.2, 0.25) is 5.89 Å². The zero-order chi connectivity index (χ0) is 16.9. The van der Waals surface area contributed by atoms with Gasteiger partial charge in [0.05, 0.1) is 6.54 Å². The molecule has 3 heterocycles. The van der Waals surface area contributed by atoms with Gasteiger partial charge in [0.15, 0.2) is 5.82 Å². The number of rotatable bonds is 5. The largest absolute Gasteiger partial charge is 0.374 e. The van der Waals surface area contributed by atoms with Gasteiger partial charge in [-0.15, -0.1) is 0 Å². The van der Waals surface area contributed by atoms with E-state index in [0.29, 0.717) is 18.3 Å². The normalized spacial score (nSPS) is 17.7. The van der Waals surface area contributed by atoms with Crippen LogP contribution in [0.25, 0.3) is 0 Å². The lowest BCUT2D eigenvalue weighted by Gasteiger charge is -2.23. The summed E-state index contributed by atoms with van der Waals surface area (Å²) in [5.74, 6) is 1.26. The molecule has 2 aromatic heterocycles. The van der Waals surface area contributed by atoms with E-state index in [0.717, 1.165) is 38.3 Å². The molecule has 1 unspecified atom stereocenters. The number of nitrogens with zero attached hydrogens (tertiary/aromatic N) is 5. The van der Waals surface area contributed by atoms with Crippen molar-refractivity contribution in [2.24, 2.45) is 0 Å². The highest BCUT2D eigenvalue weighted by atomic mass is 16.5. The van der Waals surface area contributed by atoms with E-state index in [-0.39, 0.29) is 6.10 Å². The van der Waals surface area contributed by atoms with Crippen LogP contribution >= 0.6 is 0 Å². The molecular weight excluding hydrogens is 306 g/mol. The van der Waals surface area contributed by atoms with Gasteiger partial charge < -0.3 is 14.2 Å². The third-order valence-corrected chi connectivity index (χ3v) is 4.39. The lowest BCUT2D eigenvalue weighted by Crippen LogP contribution is -2.30. The van der Waals surface area contributed by atoms with Crippen molar-refractivity contribution in [3.63, 3.8) is 0 Å². The lowest BCUT2D eigenvalue weighted by molar-refractivity contribution is 0.109. The molecule has 0 spiro atoms. The number of ether oxygens (including phenoxy) is 1. The van der Waals surface area contributed by atoms with Crippen molar-refractivity contribution >= 4 is 5.69 Å². The molecule has 7 nitrogen and oxygen atoms in total. The maximum Gasteiger partial charge on any atom is 0.240 e. The highest BCUT2D eigenvalue weighted by Crippen LogP contribution is 2.18. The van der Waals surface area contributed by atoms with Crippen molar-refractivity contribution in [3.8, 4) is 0 Å². The molecule has 2 aromatic rings. The Bertz CT molecular complexity index is 660. The zero-order valence-electron chi connectivity index (χ0n) is 14.6. The quantitative estimate of drug-likeness (QED) is 0.832. The summed E-state index contributed by atoms with van der Waals surface area (Å²) in [6.45, 7) is 8.66. The molecule has 130 valence electrons. The number of hydrogen-bond donors (Lipinski definition) is 0. The van der Waals surface area contributed by atoms with Crippen LogP contribution in [0, 0.1) is 6.92 Å². The van der Waals surface area contributed by atoms with E-state index in [1.165, 1.54) is 5.69 Å². The molecule has 3 rings (SSSR count). The summed E-state index contributed by atoms with van der Waals surface area (Å²) >= 11 is 0. The molecular formula is C17H25N5O2. The van der Waals surface area contributed by atoms with Crippen molar-refractivity contribution in [1.29, 1.82) is 0 Å². The summed E-state index contributed by atoms with van der Waals surface area (Å²) in [6, 6.07) is 4.23. The van der Waals surface area contributed by atoms with Gasteiger partial charge >= 0.3 is 0 Å². The number of methoxy groups -OCH3 is 1. The van der Waals surface area contributed by atoms with Crippen molar-refractivity contribution < 1.29 is 9.26 Å². The smallest absolute Gasteiger partial charge is 0.240 e. The van der Waals surface area contributed by atoms with Gasteiger partial charge in [-0.05, 0) is 32.4 Å².